The van der Waals surface area contributed by atoms with E-state index in [0.717, 1.165) is 27.1 Å². The molecule has 0 aliphatic carbocycles. The van der Waals surface area contributed by atoms with Gasteiger partial charge in [0, 0.05) is 0 Å². The van der Waals surface area contributed by atoms with Gasteiger partial charge in [-0.1, -0.05) is 48.5 Å². The Labute approximate surface area is 124 Å². The van der Waals surface area contributed by atoms with Crippen LogP contribution in [-0.2, 0) is 0 Å². The van der Waals surface area contributed by atoms with Crippen LogP contribution in [0.4, 0.5) is 0 Å². The summed E-state index contributed by atoms with van der Waals surface area (Å²) < 4.78 is 0. The van der Waals surface area contributed by atoms with Gasteiger partial charge in [-0.2, -0.15) is 0 Å². The Balaban J connectivity index is 0.00000147. The number of fused-ring (bicyclic) bond motifs is 2. The van der Waals surface area contributed by atoms with E-state index >= 15 is 0 Å². The molecule has 0 saturated heterocycles. The summed E-state index contributed by atoms with van der Waals surface area (Å²) in [6, 6.07) is 18.2. The quantitative estimate of drug-likeness (QED) is 0.704. The van der Waals surface area contributed by atoms with Crippen molar-refractivity contribution in [1.82, 2.24) is 0 Å². The van der Waals surface area contributed by atoms with Crippen molar-refractivity contribution in [3.8, 4) is 0 Å². The lowest BCUT2D eigenvalue weighted by Gasteiger charge is -2.20. The number of hydrogen-bond acceptors (Lipinski definition) is 2. The molecule has 0 spiro atoms. The van der Waals surface area contributed by atoms with Crippen molar-refractivity contribution in [2.75, 3.05) is 0 Å². The molecule has 0 unspecified atom stereocenters. The summed E-state index contributed by atoms with van der Waals surface area (Å²) in [7, 11) is 0. The Morgan fingerprint density at radius 1 is 0.900 bits per heavy atom. The number of rotatable bonds is 2. The van der Waals surface area contributed by atoms with Crippen molar-refractivity contribution in [3.05, 3.63) is 60.2 Å². The van der Waals surface area contributed by atoms with Crippen LogP contribution in [0.3, 0.4) is 0 Å². The lowest BCUT2D eigenvalue weighted by molar-refractivity contribution is 0.165. The van der Waals surface area contributed by atoms with Crippen LogP contribution in [0.2, 0.25) is 0 Å². The van der Waals surface area contributed by atoms with Crippen molar-refractivity contribution < 1.29 is 5.11 Å². The van der Waals surface area contributed by atoms with Crippen LogP contribution in [0, 0.1) is 0 Å². The number of hydrogen-bond donors (Lipinski definition) is 2. The van der Waals surface area contributed by atoms with Gasteiger partial charge in [0.1, 0.15) is 0 Å². The predicted octanol–water partition coefficient (Wildman–Crippen LogP) is 3.80. The highest BCUT2D eigenvalue weighted by atomic mass is 35.5. The van der Waals surface area contributed by atoms with Crippen LogP contribution < -0.4 is 5.73 Å². The van der Waals surface area contributed by atoms with Gasteiger partial charge in [0.05, 0.1) is 12.1 Å². The van der Waals surface area contributed by atoms with Crippen molar-refractivity contribution >= 4 is 34.0 Å². The highest BCUT2D eigenvalue weighted by molar-refractivity contribution is 6.02. The second-order valence-electron chi connectivity index (χ2n) is 5.00. The van der Waals surface area contributed by atoms with Crippen LogP contribution in [0.15, 0.2) is 54.6 Å². The van der Waals surface area contributed by atoms with E-state index in [2.05, 4.69) is 30.3 Å². The molecular formula is C17H18ClNO. The second-order valence-corrected chi connectivity index (χ2v) is 5.00. The summed E-state index contributed by atoms with van der Waals surface area (Å²) in [6.07, 6.45) is -0.575. The Morgan fingerprint density at radius 2 is 1.35 bits per heavy atom. The average molecular weight is 288 g/mol. The Kier molecular flexibility index (Phi) is 4.29. The molecule has 3 N–H and O–H groups in total. The molecule has 0 aromatic heterocycles. The maximum absolute atomic E-state index is 9.87. The molecular weight excluding hydrogens is 270 g/mol. The summed E-state index contributed by atoms with van der Waals surface area (Å²) in [5, 5.41) is 14.4. The Hall–Kier alpha value is -1.61. The van der Waals surface area contributed by atoms with Crippen molar-refractivity contribution in [1.29, 1.82) is 0 Å². The fraction of sp³-hybridized carbons (Fsp3) is 0.176. The number of aliphatic hydroxyl groups excluding tert-OH is 1. The molecule has 0 heterocycles. The van der Waals surface area contributed by atoms with E-state index in [4.69, 9.17) is 5.73 Å². The minimum atomic E-state index is -0.575. The maximum Gasteiger partial charge on any atom is 0.0705 e. The summed E-state index contributed by atoms with van der Waals surface area (Å²) in [6.45, 7) is 1.74. The lowest BCUT2D eigenvalue weighted by Crippen LogP contribution is -2.23. The molecule has 3 rings (SSSR count). The number of nitrogens with two attached hydrogens (primary N) is 1. The first-order valence-corrected chi connectivity index (χ1v) is 6.52. The molecule has 20 heavy (non-hydrogen) atoms. The second kappa shape index (κ2) is 5.80. The molecule has 104 valence electrons. The predicted molar refractivity (Wildman–Crippen MR) is 87.3 cm³/mol. The number of benzene rings is 3. The Bertz CT molecular complexity index is 685. The molecule has 2 nitrogen and oxygen atoms in total. The molecule has 0 radical (unpaired) electrons. The molecule has 3 heteroatoms. The van der Waals surface area contributed by atoms with Crippen LogP contribution >= 0.6 is 12.4 Å². The van der Waals surface area contributed by atoms with E-state index in [1.165, 1.54) is 0 Å². The zero-order valence-corrected chi connectivity index (χ0v) is 12.1. The molecule has 0 aliphatic heterocycles. The summed E-state index contributed by atoms with van der Waals surface area (Å²) in [5.74, 6) is 0. The van der Waals surface area contributed by atoms with E-state index in [-0.39, 0.29) is 18.4 Å². The summed E-state index contributed by atoms with van der Waals surface area (Å²) in [5.41, 5.74) is 7.25. The van der Waals surface area contributed by atoms with Crippen molar-refractivity contribution in [2.45, 2.75) is 19.1 Å². The van der Waals surface area contributed by atoms with Gasteiger partial charge in [-0.25, -0.2) is 0 Å². The van der Waals surface area contributed by atoms with E-state index in [9.17, 15) is 5.11 Å². The van der Waals surface area contributed by atoms with Gasteiger partial charge >= 0.3 is 0 Å². The number of halogens is 1. The van der Waals surface area contributed by atoms with Gasteiger partial charge in [0.15, 0.2) is 0 Å². The molecule has 3 aromatic rings. The van der Waals surface area contributed by atoms with Crippen LogP contribution in [0.25, 0.3) is 21.5 Å². The van der Waals surface area contributed by atoms with Gasteiger partial charge in [-0.05, 0) is 40.1 Å². The fourth-order valence-electron chi connectivity index (χ4n) is 2.65. The van der Waals surface area contributed by atoms with Crippen LogP contribution in [-0.4, -0.2) is 11.2 Å². The third-order valence-corrected chi connectivity index (χ3v) is 3.67. The Morgan fingerprint density at radius 3 is 1.80 bits per heavy atom. The molecule has 2 atom stereocenters. The van der Waals surface area contributed by atoms with Crippen molar-refractivity contribution in [2.24, 2.45) is 5.73 Å². The fourth-order valence-corrected chi connectivity index (χ4v) is 2.65. The minimum absolute atomic E-state index is 0. The maximum atomic E-state index is 9.87. The summed E-state index contributed by atoms with van der Waals surface area (Å²) in [4.78, 5) is 0. The average Bonchev–Trinajstić information content (AvgIpc) is 2.43. The molecule has 3 aromatic carbocycles. The standard InChI is InChI=1S/C17H17NO.ClH/c1-11(19)17(18)16-14-8-4-2-6-12(14)10-13-7-3-5-9-15(13)16;/h2-11,17,19H,18H2,1H3;1H/t11-,17-;/m0./s1. The van der Waals surface area contributed by atoms with E-state index in [1.54, 1.807) is 6.92 Å². The van der Waals surface area contributed by atoms with Gasteiger partial charge in [-0.3, -0.25) is 0 Å². The van der Waals surface area contributed by atoms with Gasteiger partial charge in [0.2, 0.25) is 0 Å². The summed E-state index contributed by atoms with van der Waals surface area (Å²) >= 11 is 0. The zero-order valence-electron chi connectivity index (χ0n) is 11.3. The SMILES string of the molecule is C[C@H](O)[C@H](N)c1c2ccccc2cc2ccccc12.Cl. The molecule has 0 aliphatic rings. The minimum Gasteiger partial charge on any atom is -0.391 e. The monoisotopic (exact) mass is 287 g/mol. The third kappa shape index (κ3) is 2.38. The molecule has 0 saturated carbocycles. The first-order valence-electron chi connectivity index (χ1n) is 6.52. The molecule has 0 amide bonds. The topological polar surface area (TPSA) is 46.2 Å². The molecule has 0 fully saturated rings. The first kappa shape index (κ1) is 14.8. The van der Waals surface area contributed by atoms with Gasteiger partial charge < -0.3 is 10.8 Å². The van der Waals surface area contributed by atoms with Crippen LogP contribution in [0.1, 0.15) is 18.5 Å². The lowest BCUT2D eigenvalue weighted by atomic mass is 9.91. The van der Waals surface area contributed by atoms with Gasteiger partial charge in [-0.15, -0.1) is 12.4 Å². The van der Waals surface area contributed by atoms with E-state index in [1.807, 2.05) is 24.3 Å². The molecule has 0 bridgehead atoms. The van der Waals surface area contributed by atoms with Crippen molar-refractivity contribution in [3.63, 3.8) is 0 Å². The smallest absolute Gasteiger partial charge is 0.0705 e. The highest BCUT2D eigenvalue weighted by Gasteiger charge is 2.18. The van der Waals surface area contributed by atoms with E-state index in [0.29, 0.717) is 0 Å². The number of aliphatic hydroxyl groups is 1. The van der Waals surface area contributed by atoms with Gasteiger partial charge in [0.25, 0.3) is 0 Å². The third-order valence-electron chi connectivity index (χ3n) is 3.67. The first-order chi connectivity index (χ1) is 9.18. The zero-order chi connectivity index (χ0) is 13.4. The normalized spacial score (nSPS) is 13.9. The van der Waals surface area contributed by atoms with Crippen LogP contribution in [0.5, 0.6) is 0 Å². The van der Waals surface area contributed by atoms with E-state index < -0.39 is 6.10 Å². The highest BCUT2D eigenvalue weighted by Crippen LogP contribution is 2.32. The largest absolute Gasteiger partial charge is 0.391 e.